The fourth-order valence-electron chi connectivity index (χ4n) is 0.732. The van der Waals surface area contributed by atoms with Gasteiger partial charge in [0.15, 0.2) is 0 Å². The van der Waals surface area contributed by atoms with Crippen molar-refractivity contribution in [2.24, 2.45) is 5.92 Å². The number of hydrogen-bond donors (Lipinski definition) is 0. The highest BCUT2D eigenvalue weighted by Gasteiger charge is 2.00. The Balaban J connectivity index is 3.10. The summed E-state index contributed by atoms with van der Waals surface area (Å²) >= 11 is 1.70. The van der Waals surface area contributed by atoms with Crippen LogP contribution in [0.25, 0.3) is 0 Å². The molecule has 0 rings (SSSR count). The fourth-order valence-corrected chi connectivity index (χ4v) is 1.25. The van der Waals surface area contributed by atoms with Crippen molar-refractivity contribution in [2.45, 2.75) is 32.4 Å². The van der Waals surface area contributed by atoms with Crippen molar-refractivity contribution in [1.82, 2.24) is 0 Å². The minimum atomic E-state index is 0.731. The van der Waals surface area contributed by atoms with Crippen LogP contribution in [0, 0.1) is 12.2 Å². The second kappa shape index (κ2) is 4.25. The lowest BCUT2D eigenvalue weighted by Gasteiger charge is -2.09. The van der Waals surface area contributed by atoms with Gasteiger partial charge in [-0.25, -0.2) is 0 Å². The summed E-state index contributed by atoms with van der Waals surface area (Å²) in [6.07, 6.45) is 5.04. The zero-order chi connectivity index (χ0) is 6.57. The lowest BCUT2D eigenvalue weighted by molar-refractivity contribution is 0.585. The van der Waals surface area contributed by atoms with Crippen molar-refractivity contribution in [3.8, 4) is 0 Å². The highest BCUT2D eigenvalue weighted by atomic mass is 32.2. The first-order valence-electron chi connectivity index (χ1n) is 3.07. The average molecular weight is 131 g/mol. The van der Waals surface area contributed by atoms with Crippen molar-refractivity contribution >= 4 is 11.8 Å². The van der Waals surface area contributed by atoms with Crippen LogP contribution < -0.4 is 0 Å². The summed E-state index contributed by atoms with van der Waals surface area (Å²) in [5, 5.41) is 0.731. The molecule has 0 aromatic rings. The van der Waals surface area contributed by atoms with E-state index in [-0.39, 0.29) is 0 Å². The smallest absolute Gasteiger partial charge is 0.00263 e. The van der Waals surface area contributed by atoms with Crippen molar-refractivity contribution in [2.75, 3.05) is 0 Å². The molecular weight excluding hydrogens is 116 g/mol. The van der Waals surface area contributed by atoms with E-state index in [0.717, 1.165) is 11.2 Å². The van der Waals surface area contributed by atoms with Gasteiger partial charge in [-0.3, -0.25) is 0 Å². The highest BCUT2D eigenvalue weighted by molar-refractivity contribution is 8.01. The van der Waals surface area contributed by atoms with Crippen LogP contribution in [0.2, 0.25) is 0 Å². The molecular formula is C7H15S. The summed E-state index contributed by atoms with van der Waals surface area (Å²) in [7, 11) is 0. The van der Waals surface area contributed by atoms with Crippen molar-refractivity contribution < 1.29 is 0 Å². The molecule has 1 unspecified atom stereocenters. The molecule has 0 aliphatic heterocycles. The first-order valence-corrected chi connectivity index (χ1v) is 4.12. The van der Waals surface area contributed by atoms with Crippen molar-refractivity contribution in [3.05, 3.63) is 6.26 Å². The monoisotopic (exact) mass is 131 g/mol. The van der Waals surface area contributed by atoms with E-state index in [1.807, 2.05) is 0 Å². The van der Waals surface area contributed by atoms with Crippen LogP contribution in [0.5, 0.6) is 0 Å². The normalized spacial score (nSPS) is 14.6. The van der Waals surface area contributed by atoms with Crippen molar-refractivity contribution in [3.63, 3.8) is 0 Å². The Morgan fingerprint density at radius 2 is 1.88 bits per heavy atom. The van der Waals surface area contributed by atoms with Gasteiger partial charge in [0.05, 0.1) is 0 Å². The average Bonchev–Trinajstić information content (AvgIpc) is 1.65. The number of hydrogen-bond acceptors (Lipinski definition) is 1. The predicted octanol–water partition coefficient (Wildman–Crippen LogP) is 2.95. The zero-order valence-electron chi connectivity index (χ0n) is 5.98. The summed E-state index contributed by atoms with van der Waals surface area (Å²) in [5.74, 6) is 0.819. The third kappa shape index (κ3) is 4.51. The van der Waals surface area contributed by atoms with E-state index in [0.29, 0.717) is 0 Å². The van der Waals surface area contributed by atoms with Crippen LogP contribution in [0.15, 0.2) is 0 Å². The lowest BCUT2D eigenvalue weighted by atomic mass is 10.1. The summed E-state index contributed by atoms with van der Waals surface area (Å²) < 4.78 is 0. The van der Waals surface area contributed by atoms with E-state index in [4.69, 9.17) is 0 Å². The molecule has 0 saturated heterocycles. The minimum Gasteiger partial charge on any atom is -0.158 e. The molecule has 49 valence electrons. The van der Waals surface area contributed by atoms with Crippen molar-refractivity contribution in [1.29, 1.82) is 0 Å². The predicted molar refractivity (Wildman–Crippen MR) is 41.9 cm³/mol. The molecule has 0 spiro atoms. The summed E-state index contributed by atoms with van der Waals surface area (Å²) in [6, 6.07) is 0. The first-order chi connectivity index (χ1) is 3.66. The summed E-state index contributed by atoms with van der Waals surface area (Å²) in [4.78, 5) is 0. The molecule has 0 saturated carbocycles. The van der Waals surface area contributed by atoms with E-state index in [2.05, 4.69) is 27.0 Å². The summed E-state index contributed by atoms with van der Waals surface area (Å²) in [6.45, 7) is 6.71. The Morgan fingerprint density at radius 1 is 1.38 bits per heavy atom. The Labute approximate surface area is 57.1 Å². The van der Waals surface area contributed by atoms with E-state index in [1.165, 1.54) is 6.42 Å². The van der Waals surface area contributed by atoms with Gasteiger partial charge in [0.2, 0.25) is 0 Å². The largest absolute Gasteiger partial charge is 0.158 e. The van der Waals surface area contributed by atoms with E-state index < -0.39 is 0 Å². The van der Waals surface area contributed by atoms with E-state index in [1.54, 1.807) is 11.8 Å². The quantitative estimate of drug-likeness (QED) is 0.567. The van der Waals surface area contributed by atoms with E-state index in [9.17, 15) is 0 Å². The van der Waals surface area contributed by atoms with Gasteiger partial charge in [-0.1, -0.05) is 20.8 Å². The lowest BCUT2D eigenvalue weighted by Crippen LogP contribution is -1.99. The topological polar surface area (TPSA) is 0 Å². The van der Waals surface area contributed by atoms with Crippen LogP contribution in [0.1, 0.15) is 27.2 Å². The fraction of sp³-hybridized carbons (Fsp3) is 0.857. The standard InChI is InChI=1S/C7H15S/c1-6(2)5-7(3)8-4/h6-7H,4-5H2,1-3H3. The molecule has 0 N–H and O–H groups in total. The van der Waals surface area contributed by atoms with Gasteiger partial charge in [0, 0.05) is 11.5 Å². The molecule has 0 amide bonds. The SMILES string of the molecule is [CH2]SC(C)CC(C)C. The zero-order valence-corrected chi connectivity index (χ0v) is 6.79. The molecule has 0 heterocycles. The molecule has 1 heteroatoms. The molecule has 8 heavy (non-hydrogen) atoms. The molecule has 0 aliphatic carbocycles. The first kappa shape index (κ1) is 8.35. The number of rotatable bonds is 3. The third-order valence-electron chi connectivity index (χ3n) is 1.09. The minimum absolute atomic E-state index is 0.731. The van der Waals surface area contributed by atoms with Gasteiger partial charge in [0.1, 0.15) is 0 Å². The molecule has 0 nitrogen and oxygen atoms in total. The summed E-state index contributed by atoms with van der Waals surface area (Å²) in [5.41, 5.74) is 0. The van der Waals surface area contributed by atoms with Gasteiger partial charge in [0.25, 0.3) is 0 Å². The number of thioether (sulfide) groups is 1. The Morgan fingerprint density at radius 3 is 2.00 bits per heavy atom. The van der Waals surface area contributed by atoms with Crippen LogP contribution in [-0.2, 0) is 0 Å². The van der Waals surface area contributed by atoms with Gasteiger partial charge < -0.3 is 0 Å². The third-order valence-corrected chi connectivity index (χ3v) is 1.85. The van der Waals surface area contributed by atoms with Crippen LogP contribution >= 0.6 is 11.8 Å². The molecule has 0 aliphatic rings. The highest BCUT2D eigenvalue weighted by Crippen LogP contribution is 2.15. The Bertz CT molecular complexity index is 50.3. The molecule has 1 atom stereocenters. The molecule has 1 radical (unpaired) electrons. The Hall–Kier alpha value is 0.350. The van der Waals surface area contributed by atoms with Gasteiger partial charge in [-0.05, 0) is 12.3 Å². The Kier molecular flexibility index (Phi) is 4.44. The van der Waals surface area contributed by atoms with Gasteiger partial charge in [-0.2, -0.15) is 11.8 Å². The molecule has 0 fully saturated rings. The maximum atomic E-state index is 3.76. The molecule has 0 aromatic heterocycles. The van der Waals surface area contributed by atoms with Gasteiger partial charge in [-0.15, -0.1) is 0 Å². The van der Waals surface area contributed by atoms with Gasteiger partial charge >= 0.3 is 0 Å². The van der Waals surface area contributed by atoms with Crippen LogP contribution in [0.3, 0.4) is 0 Å². The van der Waals surface area contributed by atoms with Crippen LogP contribution in [0.4, 0.5) is 0 Å². The second-order valence-electron chi connectivity index (χ2n) is 2.61. The molecule has 0 bridgehead atoms. The van der Waals surface area contributed by atoms with Crippen LogP contribution in [-0.4, -0.2) is 5.25 Å². The maximum absolute atomic E-state index is 3.76. The van der Waals surface area contributed by atoms with E-state index >= 15 is 0 Å². The molecule has 0 aromatic carbocycles. The second-order valence-corrected chi connectivity index (χ2v) is 3.74. The maximum Gasteiger partial charge on any atom is 0.00263 e.